The summed E-state index contributed by atoms with van der Waals surface area (Å²) in [5.41, 5.74) is -0.287. The lowest BCUT2D eigenvalue weighted by Crippen LogP contribution is -2.52. The maximum absolute atomic E-state index is 12.9. The van der Waals surface area contributed by atoms with Crippen LogP contribution in [0.1, 0.15) is 37.7 Å². The summed E-state index contributed by atoms with van der Waals surface area (Å²) in [5.74, 6) is 0.198. The predicted octanol–water partition coefficient (Wildman–Crippen LogP) is 4.45. The Balaban J connectivity index is 2.01. The lowest BCUT2D eigenvalue weighted by Gasteiger charge is -2.47. The van der Waals surface area contributed by atoms with Crippen molar-refractivity contribution in [2.75, 3.05) is 4.90 Å². The molecule has 0 aromatic heterocycles. The zero-order valence-corrected chi connectivity index (χ0v) is 12.0. The average molecular weight is 318 g/mol. The molecule has 21 heavy (non-hydrogen) atoms. The number of benzene rings is 1. The number of nitrogens with zero attached hydrogens (tertiary/aromatic N) is 1. The van der Waals surface area contributed by atoms with Crippen LogP contribution in [-0.4, -0.2) is 17.9 Å². The van der Waals surface area contributed by atoms with Gasteiger partial charge in [-0.3, -0.25) is 4.79 Å². The number of ketones is 1. The SMILES string of the molecule is O=C1CC2CCCC(C1)N2c1cc(C(F)(F)F)ccc1Cl. The van der Waals surface area contributed by atoms with Gasteiger partial charge in [-0.15, -0.1) is 0 Å². The second kappa shape index (κ2) is 5.20. The van der Waals surface area contributed by atoms with Crippen molar-refractivity contribution >= 4 is 23.1 Å². The molecule has 2 aliphatic heterocycles. The minimum atomic E-state index is -4.39. The molecule has 0 radical (unpaired) electrons. The Morgan fingerprint density at radius 2 is 1.76 bits per heavy atom. The van der Waals surface area contributed by atoms with Crippen LogP contribution in [0.25, 0.3) is 0 Å². The second-order valence-electron chi connectivity index (χ2n) is 5.76. The van der Waals surface area contributed by atoms with E-state index in [9.17, 15) is 18.0 Å². The second-order valence-corrected chi connectivity index (χ2v) is 6.16. The largest absolute Gasteiger partial charge is 0.416 e. The molecule has 3 rings (SSSR count). The molecule has 0 aliphatic carbocycles. The number of hydrogen-bond donors (Lipinski definition) is 0. The summed E-state index contributed by atoms with van der Waals surface area (Å²) in [7, 11) is 0. The Hall–Kier alpha value is -1.23. The van der Waals surface area contributed by atoms with E-state index in [0.29, 0.717) is 23.6 Å². The van der Waals surface area contributed by atoms with Crippen LogP contribution in [0.15, 0.2) is 18.2 Å². The number of fused-ring (bicyclic) bond motifs is 2. The number of halogens is 4. The molecule has 2 nitrogen and oxygen atoms in total. The number of hydrogen-bond acceptors (Lipinski definition) is 2. The maximum atomic E-state index is 12.9. The van der Waals surface area contributed by atoms with E-state index in [1.165, 1.54) is 6.07 Å². The number of alkyl halides is 3. The molecular weight excluding hydrogens is 303 g/mol. The van der Waals surface area contributed by atoms with E-state index in [4.69, 9.17) is 11.6 Å². The molecular formula is C15H15ClF3NO. The summed E-state index contributed by atoms with van der Waals surface area (Å²) in [4.78, 5) is 13.7. The molecule has 114 valence electrons. The van der Waals surface area contributed by atoms with Crippen LogP contribution in [0.4, 0.5) is 18.9 Å². The summed E-state index contributed by atoms with van der Waals surface area (Å²) in [6.07, 6.45) is -0.911. The molecule has 2 bridgehead atoms. The number of carbonyl (C=O) groups excluding carboxylic acids is 1. The first-order chi connectivity index (χ1) is 9.86. The highest BCUT2D eigenvalue weighted by Gasteiger charge is 2.39. The number of anilines is 1. The number of rotatable bonds is 1. The molecule has 2 saturated heterocycles. The van der Waals surface area contributed by atoms with Crippen molar-refractivity contribution in [3.05, 3.63) is 28.8 Å². The van der Waals surface area contributed by atoms with Crippen molar-refractivity contribution in [3.63, 3.8) is 0 Å². The Morgan fingerprint density at radius 3 is 2.33 bits per heavy atom. The highest BCUT2D eigenvalue weighted by atomic mass is 35.5. The van der Waals surface area contributed by atoms with E-state index in [1.807, 2.05) is 4.90 Å². The van der Waals surface area contributed by atoms with E-state index in [1.54, 1.807) is 0 Å². The third kappa shape index (κ3) is 2.76. The van der Waals surface area contributed by atoms with Gasteiger partial charge in [0.05, 0.1) is 16.3 Å². The first-order valence-corrected chi connectivity index (χ1v) is 7.41. The fourth-order valence-electron chi connectivity index (χ4n) is 3.46. The zero-order valence-electron chi connectivity index (χ0n) is 11.3. The number of Topliss-reactive ketones (excluding diaryl/α,β-unsaturated/α-hetero) is 1. The Kier molecular flexibility index (Phi) is 3.64. The zero-order chi connectivity index (χ0) is 15.2. The van der Waals surface area contributed by atoms with Gasteiger partial charge in [-0.1, -0.05) is 11.6 Å². The first-order valence-electron chi connectivity index (χ1n) is 7.03. The van der Waals surface area contributed by atoms with Crippen LogP contribution < -0.4 is 4.90 Å². The number of carbonyl (C=O) groups is 1. The summed E-state index contributed by atoms with van der Waals surface area (Å²) in [5, 5.41) is 0.314. The molecule has 0 amide bonds. The Labute approximate surface area is 125 Å². The van der Waals surface area contributed by atoms with E-state index in [0.717, 1.165) is 31.4 Å². The van der Waals surface area contributed by atoms with Gasteiger partial charge in [0.25, 0.3) is 0 Å². The molecule has 6 heteroatoms. The van der Waals surface area contributed by atoms with Crippen LogP contribution in [0, 0.1) is 0 Å². The molecule has 2 atom stereocenters. The molecule has 0 spiro atoms. The fraction of sp³-hybridized carbons (Fsp3) is 0.533. The molecule has 2 fully saturated rings. The van der Waals surface area contributed by atoms with Crippen LogP contribution in [0.2, 0.25) is 5.02 Å². The van der Waals surface area contributed by atoms with Gasteiger partial charge in [-0.2, -0.15) is 13.2 Å². The monoisotopic (exact) mass is 317 g/mol. The smallest absolute Gasteiger partial charge is 0.363 e. The minimum Gasteiger partial charge on any atom is -0.363 e. The molecule has 1 aromatic carbocycles. The maximum Gasteiger partial charge on any atom is 0.416 e. The Bertz CT molecular complexity index is 557. The quantitative estimate of drug-likeness (QED) is 0.762. The van der Waals surface area contributed by atoms with Crippen molar-refractivity contribution < 1.29 is 18.0 Å². The highest BCUT2D eigenvalue weighted by molar-refractivity contribution is 6.33. The van der Waals surface area contributed by atoms with Gasteiger partial charge in [0.2, 0.25) is 0 Å². The molecule has 2 aliphatic rings. The van der Waals surface area contributed by atoms with Crippen molar-refractivity contribution in [2.45, 2.75) is 50.4 Å². The number of piperidine rings is 2. The van der Waals surface area contributed by atoms with E-state index in [2.05, 4.69) is 0 Å². The summed E-state index contributed by atoms with van der Waals surface area (Å²) >= 11 is 6.13. The molecule has 0 saturated carbocycles. The topological polar surface area (TPSA) is 20.3 Å². The van der Waals surface area contributed by atoms with E-state index < -0.39 is 11.7 Å². The first kappa shape index (κ1) is 14.7. The summed E-state index contributed by atoms with van der Waals surface area (Å²) < 4.78 is 38.7. The molecule has 1 aromatic rings. The van der Waals surface area contributed by atoms with Gasteiger partial charge in [0.1, 0.15) is 5.78 Å². The predicted molar refractivity (Wildman–Crippen MR) is 74.6 cm³/mol. The molecule has 0 N–H and O–H groups in total. The van der Waals surface area contributed by atoms with Crippen LogP contribution in [0.3, 0.4) is 0 Å². The summed E-state index contributed by atoms with van der Waals surface area (Å²) in [6.45, 7) is 0. The van der Waals surface area contributed by atoms with Crippen molar-refractivity contribution in [1.82, 2.24) is 0 Å². The normalized spacial score (nSPS) is 26.1. The lowest BCUT2D eigenvalue weighted by molar-refractivity contribution is -0.137. The Morgan fingerprint density at radius 1 is 1.14 bits per heavy atom. The van der Waals surface area contributed by atoms with Crippen LogP contribution >= 0.6 is 11.6 Å². The standard InChI is InChI=1S/C15H15ClF3NO/c16-13-5-4-9(15(17,18)19)6-14(13)20-10-2-1-3-11(20)8-12(21)7-10/h4-6,10-11H,1-3,7-8H2. The lowest BCUT2D eigenvalue weighted by atomic mass is 9.83. The van der Waals surface area contributed by atoms with Crippen molar-refractivity contribution in [3.8, 4) is 0 Å². The van der Waals surface area contributed by atoms with Gasteiger partial charge >= 0.3 is 6.18 Å². The van der Waals surface area contributed by atoms with Gasteiger partial charge < -0.3 is 4.90 Å². The third-order valence-corrected chi connectivity index (χ3v) is 4.66. The fourth-order valence-corrected chi connectivity index (χ4v) is 3.67. The molecule has 2 unspecified atom stereocenters. The highest BCUT2D eigenvalue weighted by Crippen LogP contribution is 2.42. The third-order valence-electron chi connectivity index (χ3n) is 4.34. The van der Waals surface area contributed by atoms with Crippen molar-refractivity contribution in [2.24, 2.45) is 0 Å². The minimum absolute atomic E-state index is 0.0222. The van der Waals surface area contributed by atoms with Gasteiger partial charge in [-0.05, 0) is 37.5 Å². The van der Waals surface area contributed by atoms with Crippen LogP contribution in [0.5, 0.6) is 0 Å². The van der Waals surface area contributed by atoms with Crippen LogP contribution in [-0.2, 0) is 11.0 Å². The molecule has 2 heterocycles. The van der Waals surface area contributed by atoms with Gasteiger partial charge in [-0.25, -0.2) is 0 Å². The average Bonchev–Trinajstić information content (AvgIpc) is 2.37. The van der Waals surface area contributed by atoms with Crippen molar-refractivity contribution in [1.29, 1.82) is 0 Å². The van der Waals surface area contributed by atoms with Gasteiger partial charge in [0.15, 0.2) is 0 Å². The summed E-state index contributed by atoms with van der Waals surface area (Å²) in [6, 6.07) is 3.36. The van der Waals surface area contributed by atoms with E-state index in [-0.39, 0.29) is 17.9 Å². The van der Waals surface area contributed by atoms with E-state index >= 15 is 0 Å². The van der Waals surface area contributed by atoms with Gasteiger partial charge in [0, 0.05) is 24.9 Å².